The lowest BCUT2D eigenvalue weighted by Gasteiger charge is -2.08. The number of carbonyl (C=O) groups excluding carboxylic acids is 2. The van der Waals surface area contributed by atoms with Crippen molar-refractivity contribution in [3.8, 4) is 0 Å². The van der Waals surface area contributed by atoms with Crippen LogP contribution in [0.1, 0.15) is 17.3 Å². The van der Waals surface area contributed by atoms with Gasteiger partial charge in [-0.15, -0.1) is 0 Å². The lowest BCUT2D eigenvalue weighted by Crippen LogP contribution is -2.06. The van der Waals surface area contributed by atoms with Gasteiger partial charge in [0.2, 0.25) is 5.91 Å². The highest BCUT2D eigenvalue weighted by atomic mass is 16.1. The van der Waals surface area contributed by atoms with Gasteiger partial charge < -0.3 is 5.32 Å². The molecule has 16 heavy (non-hydrogen) atoms. The van der Waals surface area contributed by atoms with Crippen molar-refractivity contribution >= 4 is 28.7 Å². The van der Waals surface area contributed by atoms with E-state index in [9.17, 15) is 9.59 Å². The van der Waals surface area contributed by atoms with Gasteiger partial charge in [-0.05, 0) is 17.5 Å². The molecule has 1 amide bonds. The Balaban J connectivity index is 2.69. The molecule has 0 fully saturated rings. The molecule has 0 aromatic heterocycles. The van der Waals surface area contributed by atoms with Crippen LogP contribution < -0.4 is 5.32 Å². The van der Waals surface area contributed by atoms with Crippen LogP contribution in [-0.4, -0.2) is 12.2 Å². The summed E-state index contributed by atoms with van der Waals surface area (Å²) in [4.78, 5) is 21.9. The lowest BCUT2D eigenvalue weighted by atomic mass is 10.0. The number of rotatable bonds is 2. The van der Waals surface area contributed by atoms with Crippen molar-refractivity contribution in [3.05, 3.63) is 42.0 Å². The maximum absolute atomic E-state index is 11.0. The van der Waals surface area contributed by atoms with Gasteiger partial charge in [0, 0.05) is 23.6 Å². The average Bonchev–Trinajstić information content (AvgIpc) is 2.29. The number of anilines is 1. The van der Waals surface area contributed by atoms with E-state index in [1.165, 1.54) is 6.92 Å². The molecule has 0 aliphatic rings. The van der Waals surface area contributed by atoms with Gasteiger partial charge in [-0.1, -0.05) is 24.3 Å². The standard InChI is InChI=1S/C13H11NO2/c1-9(16)14-13-7-6-10(8-15)11-4-2-3-5-12(11)13/h2-8H,1H3,(H,14,16). The fourth-order valence-corrected chi connectivity index (χ4v) is 1.72. The minimum atomic E-state index is -0.121. The van der Waals surface area contributed by atoms with E-state index in [0.717, 1.165) is 22.7 Å². The predicted molar refractivity (Wildman–Crippen MR) is 63.6 cm³/mol. The van der Waals surface area contributed by atoms with E-state index < -0.39 is 0 Å². The Morgan fingerprint density at radius 1 is 1.12 bits per heavy atom. The molecule has 0 saturated carbocycles. The largest absolute Gasteiger partial charge is 0.326 e. The predicted octanol–water partition coefficient (Wildman–Crippen LogP) is 2.61. The zero-order valence-corrected chi connectivity index (χ0v) is 8.86. The van der Waals surface area contributed by atoms with Crippen molar-refractivity contribution in [2.24, 2.45) is 0 Å². The zero-order valence-electron chi connectivity index (χ0n) is 8.86. The monoisotopic (exact) mass is 213 g/mol. The second-order valence-corrected chi connectivity index (χ2v) is 3.55. The van der Waals surface area contributed by atoms with Crippen molar-refractivity contribution < 1.29 is 9.59 Å². The molecule has 2 aromatic carbocycles. The molecule has 0 aliphatic heterocycles. The molecule has 80 valence electrons. The summed E-state index contributed by atoms with van der Waals surface area (Å²) in [5, 5.41) is 4.47. The van der Waals surface area contributed by atoms with Crippen LogP contribution in [0, 0.1) is 0 Å². The van der Waals surface area contributed by atoms with E-state index in [1.807, 2.05) is 24.3 Å². The van der Waals surface area contributed by atoms with Crippen molar-refractivity contribution in [1.29, 1.82) is 0 Å². The molecule has 3 nitrogen and oxygen atoms in total. The second kappa shape index (κ2) is 4.14. The molecule has 2 aromatic rings. The van der Waals surface area contributed by atoms with E-state index in [0.29, 0.717) is 5.56 Å². The van der Waals surface area contributed by atoms with Crippen LogP contribution in [0.25, 0.3) is 10.8 Å². The molecule has 0 spiro atoms. The highest BCUT2D eigenvalue weighted by Gasteiger charge is 2.05. The third-order valence-electron chi connectivity index (χ3n) is 2.40. The SMILES string of the molecule is CC(=O)Nc1ccc(C=O)c2ccccc12. The molecule has 0 unspecified atom stereocenters. The molecule has 0 bridgehead atoms. The molecule has 0 aliphatic carbocycles. The first-order chi connectivity index (χ1) is 7.72. The Morgan fingerprint density at radius 3 is 2.44 bits per heavy atom. The molecule has 0 heterocycles. The van der Waals surface area contributed by atoms with Crippen LogP contribution in [0.3, 0.4) is 0 Å². The van der Waals surface area contributed by atoms with Crippen molar-refractivity contribution in [1.82, 2.24) is 0 Å². The number of amides is 1. The molecule has 2 rings (SSSR count). The van der Waals surface area contributed by atoms with Crippen molar-refractivity contribution in [2.75, 3.05) is 5.32 Å². The summed E-state index contributed by atoms with van der Waals surface area (Å²) < 4.78 is 0. The lowest BCUT2D eigenvalue weighted by molar-refractivity contribution is -0.114. The number of fused-ring (bicyclic) bond motifs is 1. The number of carbonyl (C=O) groups is 2. The maximum Gasteiger partial charge on any atom is 0.221 e. The van der Waals surface area contributed by atoms with Gasteiger partial charge >= 0.3 is 0 Å². The first-order valence-corrected chi connectivity index (χ1v) is 4.97. The van der Waals surface area contributed by atoms with Gasteiger partial charge in [0.15, 0.2) is 6.29 Å². The first kappa shape index (κ1) is 10.4. The van der Waals surface area contributed by atoms with Crippen LogP contribution in [0.15, 0.2) is 36.4 Å². The molecular formula is C13H11NO2. The van der Waals surface area contributed by atoms with Gasteiger partial charge in [0.25, 0.3) is 0 Å². The molecular weight excluding hydrogens is 202 g/mol. The summed E-state index contributed by atoms with van der Waals surface area (Å²) in [5.74, 6) is -0.121. The Kier molecular flexibility index (Phi) is 2.68. The summed E-state index contributed by atoms with van der Waals surface area (Å²) in [6, 6.07) is 10.9. The Labute approximate surface area is 93.1 Å². The van der Waals surface area contributed by atoms with Crippen molar-refractivity contribution in [3.63, 3.8) is 0 Å². The Bertz CT molecular complexity index is 561. The van der Waals surface area contributed by atoms with Gasteiger partial charge in [-0.3, -0.25) is 9.59 Å². The van der Waals surface area contributed by atoms with E-state index in [-0.39, 0.29) is 5.91 Å². The fraction of sp³-hybridized carbons (Fsp3) is 0.0769. The summed E-state index contributed by atoms with van der Waals surface area (Å²) in [7, 11) is 0. The van der Waals surface area contributed by atoms with Crippen LogP contribution in [0.5, 0.6) is 0 Å². The minimum Gasteiger partial charge on any atom is -0.326 e. The van der Waals surface area contributed by atoms with Gasteiger partial charge in [0.1, 0.15) is 0 Å². The first-order valence-electron chi connectivity index (χ1n) is 4.97. The van der Waals surface area contributed by atoms with Gasteiger partial charge in [-0.25, -0.2) is 0 Å². The fourth-order valence-electron chi connectivity index (χ4n) is 1.72. The van der Waals surface area contributed by atoms with E-state index in [4.69, 9.17) is 0 Å². The number of nitrogens with one attached hydrogen (secondary N) is 1. The van der Waals surface area contributed by atoms with E-state index in [2.05, 4.69) is 5.32 Å². The number of aldehydes is 1. The smallest absolute Gasteiger partial charge is 0.221 e. The van der Waals surface area contributed by atoms with E-state index >= 15 is 0 Å². The van der Waals surface area contributed by atoms with Crippen LogP contribution in [0.2, 0.25) is 0 Å². The third kappa shape index (κ3) is 1.80. The third-order valence-corrected chi connectivity index (χ3v) is 2.40. The topological polar surface area (TPSA) is 46.2 Å². The van der Waals surface area contributed by atoms with Gasteiger partial charge in [-0.2, -0.15) is 0 Å². The second-order valence-electron chi connectivity index (χ2n) is 3.55. The van der Waals surface area contributed by atoms with E-state index in [1.54, 1.807) is 12.1 Å². The van der Waals surface area contributed by atoms with Crippen LogP contribution >= 0.6 is 0 Å². The minimum absolute atomic E-state index is 0.121. The molecule has 0 atom stereocenters. The van der Waals surface area contributed by atoms with Crippen LogP contribution in [0.4, 0.5) is 5.69 Å². The van der Waals surface area contributed by atoms with Crippen LogP contribution in [-0.2, 0) is 4.79 Å². The highest BCUT2D eigenvalue weighted by molar-refractivity contribution is 6.07. The summed E-state index contributed by atoms with van der Waals surface area (Å²) >= 11 is 0. The summed E-state index contributed by atoms with van der Waals surface area (Å²) in [5.41, 5.74) is 1.36. The number of benzene rings is 2. The van der Waals surface area contributed by atoms with Gasteiger partial charge in [0.05, 0.1) is 0 Å². The van der Waals surface area contributed by atoms with Crippen molar-refractivity contribution in [2.45, 2.75) is 6.92 Å². The molecule has 1 N–H and O–H groups in total. The average molecular weight is 213 g/mol. The quantitative estimate of drug-likeness (QED) is 0.779. The molecule has 0 saturated heterocycles. The maximum atomic E-state index is 11.0. The molecule has 3 heteroatoms. The number of hydrogen-bond donors (Lipinski definition) is 1. The highest BCUT2D eigenvalue weighted by Crippen LogP contribution is 2.25. The molecule has 0 radical (unpaired) electrons. The normalized spacial score (nSPS) is 10.1. The summed E-state index contributed by atoms with van der Waals surface area (Å²) in [6.45, 7) is 1.46. The summed E-state index contributed by atoms with van der Waals surface area (Å²) in [6.07, 6.45) is 0.819. The zero-order chi connectivity index (χ0) is 11.5. The number of hydrogen-bond acceptors (Lipinski definition) is 2. The Morgan fingerprint density at radius 2 is 1.81 bits per heavy atom. The Hall–Kier alpha value is -2.16.